The number of nitrogens with zero attached hydrogens (tertiary/aromatic N) is 3. The van der Waals surface area contributed by atoms with E-state index in [1.54, 1.807) is 0 Å². The van der Waals surface area contributed by atoms with Gasteiger partial charge in [0.15, 0.2) is 0 Å². The molecule has 2 aliphatic rings. The number of nitriles is 1. The Labute approximate surface area is 182 Å². The van der Waals surface area contributed by atoms with Gasteiger partial charge in [-0.1, -0.05) is 13.3 Å². The highest BCUT2D eigenvalue weighted by Gasteiger charge is 2.47. The maximum absolute atomic E-state index is 13.0. The fourth-order valence-electron chi connectivity index (χ4n) is 4.64. The van der Waals surface area contributed by atoms with Crippen molar-refractivity contribution in [2.24, 2.45) is 11.8 Å². The van der Waals surface area contributed by atoms with Crippen LogP contribution in [-0.4, -0.2) is 67.0 Å². The highest BCUT2D eigenvalue weighted by Crippen LogP contribution is 2.40. The summed E-state index contributed by atoms with van der Waals surface area (Å²) in [4.78, 5) is 25.3. The number of hydrogen-bond donors (Lipinski definition) is 2. The van der Waals surface area contributed by atoms with Crippen molar-refractivity contribution in [2.75, 3.05) is 20.1 Å². The SMILES string of the molecule is CCC[C@@H](C(=O)N[C@H]1CC[C@@H]2CN(S(=O)(=O)c3ccc(C#N)cc3)C[C@@H]21)N(C)C(=O)O. The number of carbonyl (C=O) groups is 2. The number of carbonyl (C=O) groups excluding carboxylic acids is 1. The third-order valence-corrected chi connectivity index (χ3v) is 8.25. The topological polar surface area (TPSA) is 131 Å². The van der Waals surface area contributed by atoms with E-state index in [4.69, 9.17) is 5.26 Å². The number of benzene rings is 1. The van der Waals surface area contributed by atoms with E-state index in [2.05, 4.69) is 5.32 Å². The van der Waals surface area contributed by atoms with Crippen LogP contribution in [0.3, 0.4) is 0 Å². The van der Waals surface area contributed by atoms with Crippen molar-refractivity contribution < 1.29 is 23.1 Å². The first-order valence-electron chi connectivity index (χ1n) is 10.5. The molecular weight excluding hydrogens is 420 g/mol. The standard InChI is InChI=1S/C21H28N4O5S/c1-3-4-19(24(2)21(27)28)20(26)23-18-10-7-15-12-25(13-17(15)18)31(29,30)16-8-5-14(11-22)6-9-16/h5-6,8-9,15,17-19H,3-4,7,10,12-13H2,1-2H3,(H,23,26)(H,27,28)/t15-,17+,18+,19+/m1/s1. The summed E-state index contributed by atoms with van der Waals surface area (Å²) in [6.07, 6.45) is 1.50. The molecule has 1 saturated heterocycles. The molecule has 2 fully saturated rings. The van der Waals surface area contributed by atoms with Gasteiger partial charge in [-0.25, -0.2) is 13.2 Å². The van der Waals surface area contributed by atoms with E-state index in [0.717, 1.165) is 17.7 Å². The molecule has 4 atom stereocenters. The van der Waals surface area contributed by atoms with Gasteiger partial charge in [-0.15, -0.1) is 0 Å². The van der Waals surface area contributed by atoms with Crippen LogP contribution in [0, 0.1) is 23.2 Å². The molecule has 0 bridgehead atoms. The number of carboxylic acid groups (broad SMARTS) is 1. The summed E-state index contributed by atoms with van der Waals surface area (Å²) in [6.45, 7) is 2.60. The molecule has 1 aromatic rings. The molecule has 1 aliphatic heterocycles. The molecule has 1 heterocycles. The smallest absolute Gasteiger partial charge is 0.407 e. The number of likely N-dealkylation sites (N-methyl/N-ethyl adjacent to an activating group) is 1. The first-order valence-corrected chi connectivity index (χ1v) is 11.9. The van der Waals surface area contributed by atoms with Gasteiger partial charge < -0.3 is 10.4 Å². The molecule has 2 N–H and O–H groups in total. The van der Waals surface area contributed by atoms with Gasteiger partial charge in [-0.2, -0.15) is 9.57 Å². The van der Waals surface area contributed by atoms with Crippen molar-refractivity contribution in [1.29, 1.82) is 5.26 Å². The summed E-state index contributed by atoms with van der Waals surface area (Å²) in [6, 6.07) is 6.89. The molecule has 31 heavy (non-hydrogen) atoms. The minimum absolute atomic E-state index is 0.00508. The van der Waals surface area contributed by atoms with Gasteiger partial charge in [0.05, 0.1) is 16.5 Å². The Morgan fingerprint density at radius 2 is 1.97 bits per heavy atom. The van der Waals surface area contributed by atoms with Gasteiger partial charge in [-0.05, 0) is 55.4 Å². The summed E-state index contributed by atoms with van der Waals surface area (Å²) in [5.74, 6) is -0.180. The lowest BCUT2D eigenvalue weighted by Gasteiger charge is -2.28. The quantitative estimate of drug-likeness (QED) is 0.655. The Morgan fingerprint density at radius 1 is 1.29 bits per heavy atom. The van der Waals surface area contributed by atoms with Crippen LogP contribution in [0.1, 0.15) is 38.2 Å². The second-order valence-electron chi connectivity index (χ2n) is 8.27. The van der Waals surface area contributed by atoms with E-state index < -0.39 is 22.2 Å². The third-order valence-electron chi connectivity index (χ3n) is 6.41. The molecule has 1 aromatic carbocycles. The summed E-state index contributed by atoms with van der Waals surface area (Å²) in [5, 5.41) is 21.2. The van der Waals surface area contributed by atoms with Crippen molar-refractivity contribution in [3.63, 3.8) is 0 Å². The maximum Gasteiger partial charge on any atom is 0.407 e. The molecule has 168 valence electrons. The summed E-state index contributed by atoms with van der Waals surface area (Å²) < 4.78 is 27.5. The van der Waals surface area contributed by atoms with Crippen molar-refractivity contribution in [3.8, 4) is 6.07 Å². The van der Waals surface area contributed by atoms with Gasteiger partial charge in [-0.3, -0.25) is 9.69 Å². The molecule has 9 nitrogen and oxygen atoms in total. The molecule has 0 spiro atoms. The number of sulfonamides is 1. The number of nitrogens with one attached hydrogen (secondary N) is 1. The van der Waals surface area contributed by atoms with Gasteiger partial charge in [0.1, 0.15) is 6.04 Å². The highest BCUT2D eigenvalue weighted by atomic mass is 32.2. The first-order chi connectivity index (χ1) is 14.7. The number of amides is 2. The molecule has 0 aromatic heterocycles. The van der Waals surface area contributed by atoms with Gasteiger partial charge in [0.25, 0.3) is 0 Å². The summed E-state index contributed by atoms with van der Waals surface area (Å²) in [7, 11) is -2.29. The molecule has 0 radical (unpaired) electrons. The van der Waals surface area contributed by atoms with Crippen LogP contribution in [-0.2, 0) is 14.8 Å². The fraction of sp³-hybridized carbons (Fsp3) is 0.571. The number of hydrogen-bond acceptors (Lipinski definition) is 5. The predicted octanol–water partition coefficient (Wildman–Crippen LogP) is 1.85. The first kappa shape index (κ1) is 23.0. The minimum atomic E-state index is -3.68. The lowest BCUT2D eigenvalue weighted by molar-refractivity contribution is -0.126. The van der Waals surface area contributed by atoms with Crippen molar-refractivity contribution in [1.82, 2.24) is 14.5 Å². The van der Waals surface area contributed by atoms with Crippen LogP contribution < -0.4 is 5.32 Å². The molecule has 1 aliphatic carbocycles. The van der Waals surface area contributed by atoms with Crippen molar-refractivity contribution in [3.05, 3.63) is 29.8 Å². The Balaban J connectivity index is 1.69. The maximum atomic E-state index is 13.0. The Morgan fingerprint density at radius 3 is 2.55 bits per heavy atom. The van der Waals surface area contributed by atoms with E-state index in [1.807, 2.05) is 13.0 Å². The lowest BCUT2D eigenvalue weighted by Crippen LogP contribution is -2.51. The average Bonchev–Trinajstić information content (AvgIpc) is 3.34. The third kappa shape index (κ3) is 4.67. The van der Waals surface area contributed by atoms with Gasteiger partial charge in [0.2, 0.25) is 15.9 Å². The summed E-state index contributed by atoms with van der Waals surface area (Å²) in [5.41, 5.74) is 0.396. The van der Waals surface area contributed by atoms with Crippen molar-refractivity contribution in [2.45, 2.75) is 49.6 Å². The lowest BCUT2D eigenvalue weighted by atomic mass is 9.97. The second-order valence-corrected chi connectivity index (χ2v) is 10.2. The largest absolute Gasteiger partial charge is 0.465 e. The van der Waals surface area contributed by atoms with Crippen LogP contribution in [0.2, 0.25) is 0 Å². The molecule has 1 saturated carbocycles. The van der Waals surface area contributed by atoms with Gasteiger partial charge in [0, 0.05) is 26.2 Å². The van der Waals surface area contributed by atoms with Crippen molar-refractivity contribution >= 4 is 22.0 Å². The van der Waals surface area contributed by atoms with Crippen LogP contribution in [0.5, 0.6) is 0 Å². The van der Waals surface area contributed by atoms with E-state index >= 15 is 0 Å². The zero-order valence-electron chi connectivity index (χ0n) is 17.7. The molecule has 2 amide bonds. The van der Waals surface area contributed by atoms with Crippen LogP contribution >= 0.6 is 0 Å². The number of rotatable bonds is 7. The van der Waals surface area contributed by atoms with Gasteiger partial charge >= 0.3 is 6.09 Å². The monoisotopic (exact) mass is 448 g/mol. The second kappa shape index (κ2) is 9.24. The molecule has 0 unspecified atom stereocenters. The zero-order valence-corrected chi connectivity index (χ0v) is 18.5. The Hall–Kier alpha value is -2.64. The fourth-order valence-corrected chi connectivity index (χ4v) is 6.17. The number of fused-ring (bicyclic) bond motifs is 1. The van der Waals surface area contributed by atoms with Crippen LogP contribution in [0.15, 0.2) is 29.2 Å². The highest BCUT2D eigenvalue weighted by molar-refractivity contribution is 7.89. The van der Waals surface area contributed by atoms with Crippen LogP contribution in [0.4, 0.5) is 4.79 Å². The minimum Gasteiger partial charge on any atom is -0.465 e. The normalized spacial score (nSPS) is 24.2. The average molecular weight is 449 g/mol. The zero-order chi connectivity index (χ0) is 22.8. The van der Waals surface area contributed by atoms with Crippen LogP contribution in [0.25, 0.3) is 0 Å². The Kier molecular flexibility index (Phi) is 6.86. The summed E-state index contributed by atoms with van der Waals surface area (Å²) >= 11 is 0. The van der Waals surface area contributed by atoms with E-state index in [0.29, 0.717) is 31.5 Å². The van der Waals surface area contributed by atoms with E-state index in [9.17, 15) is 23.1 Å². The van der Waals surface area contributed by atoms with E-state index in [-0.39, 0.29) is 28.7 Å². The van der Waals surface area contributed by atoms with E-state index in [1.165, 1.54) is 35.6 Å². The predicted molar refractivity (Wildman–Crippen MR) is 113 cm³/mol. The molecule has 3 rings (SSSR count). The molecular formula is C21H28N4O5S. The molecule has 10 heteroatoms. The Bertz CT molecular complexity index is 972.